The summed E-state index contributed by atoms with van der Waals surface area (Å²) in [7, 11) is 2.12. The van der Waals surface area contributed by atoms with Crippen LogP contribution < -0.4 is 10.2 Å². The molecule has 2 fully saturated rings. The Labute approximate surface area is 232 Å². The second-order valence-corrected chi connectivity index (χ2v) is 11.3. The summed E-state index contributed by atoms with van der Waals surface area (Å²) in [6, 6.07) is 17.9. The van der Waals surface area contributed by atoms with E-state index in [4.69, 9.17) is 5.11 Å². The molecule has 1 aliphatic heterocycles. The third-order valence-electron chi connectivity index (χ3n) is 7.30. The van der Waals surface area contributed by atoms with Gasteiger partial charge in [-0.25, -0.2) is 0 Å². The molecule has 3 aromatic rings. The molecule has 2 amide bonds. The number of nitrogens with zero attached hydrogens (tertiary/aromatic N) is 3. The summed E-state index contributed by atoms with van der Waals surface area (Å²) < 4.78 is 0. The molecule has 2 heterocycles. The Balaban J connectivity index is 1.41. The van der Waals surface area contributed by atoms with Crippen molar-refractivity contribution in [3.63, 3.8) is 0 Å². The van der Waals surface area contributed by atoms with E-state index in [1.54, 1.807) is 4.90 Å². The number of carbonyl (C=O) groups is 3. The maximum Gasteiger partial charge on any atom is 0.305 e. The Morgan fingerprint density at radius 3 is 2.46 bits per heavy atom. The molecule has 2 aromatic carbocycles. The molecule has 0 radical (unpaired) electrons. The fourth-order valence-electron chi connectivity index (χ4n) is 4.89. The number of nitrogens with one attached hydrogen (secondary N) is 1. The maximum absolute atomic E-state index is 13.0. The fraction of sp³-hybridized carbons (Fsp3) is 0.367. The molecule has 5 rings (SSSR count). The van der Waals surface area contributed by atoms with Gasteiger partial charge in [-0.3, -0.25) is 14.4 Å². The average Bonchev–Trinajstić information content (AvgIpc) is 3.64. The van der Waals surface area contributed by atoms with Crippen LogP contribution in [0.3, 0.4) is 0 Å². The van der Waals surface area contributed by atoms with Crippen LogP contribution in [0.5, 0.6) is 0 Å². The van der Waals surface area contributed by atoms with Gasteiger partial charge in [0, 0.05) is 45.2 Å². The van der Waals surface area contributed by atoms with E-state index in [2.05, 4.69) is 34.3 Å². The number of carboxylic acid groups (broad SMARTS) is 1. The number of likely N-dealkylation sites (N-methyl/N-ethyl adjacent to an activating group) is 1. The Morgan fingerprint density at radius 1 is 1.00 bits per heavy atom. The lowest BCUT2D eigenvalue weighted by molar-refractivity contribution is -0.139. The highest BCUT2D eigenvalue weighted by molar-refractivity contribution is 7.12. The van der Waals surface area contributed by atoms with E-state index in [-0.39, 0.29) is 30.7 Å². The van der Waals surface area contributed by atoms with Crippen LogP contribution in [-0.4, -0.2) is 72.5 Å². The smallest absolute Gasteiger partial charge is 0.305 e. The van der Waals surface area contributed by atoms with Crippen molar-refractivity contribution in [2.75, 3.05) is 50.0 Å². The normalized spacial score (nSPS) is 15.7. The van der Waals surface area contributed by atoms with Crippen LogP contribution in [-0.2, 0) is 16.1 Å². The number of carboxylic acids is 1. The molecule has 0 atom stereocenters. The summed E-state index contributed by atoms with van der Waals surface area (Å²) >= 11 is 1.41. The number of amides is 2. The summed E-state index contributed by atoms with van der Waals surface area (Å²) in [5.41, 5.74) is 4.65. The maximum atomic E-state index is 13.0. The predicted molar refractivity (Wildman–Crippen MR) is 154 cm³/mol. The van der Waals surface area contributed by atoms with Gasteiger partial charge in [0.1, 0.15) is 0 Å². The number of anilines is 2. The largest absolute Gasteiger partial charge is 0.481 e. The molecule has 0 spiro atoms. The average molecular weight is 547 g/mol. The van der Waals surface area contributed by atoms with Crippen LogP contribution in [0.1, 0.15) is 34.5 Å². The summed E-state index contributed by atoms with van der Waals surface area (Å²) in [4.78, 5) is 43.9. The monoisotopic (exact) mass is 546 g/mol. The molecule has 0 unspecified atom stereocenters. The molecule has 1 saturated carbocycles. The molecule has 1 saturated heterocycles. The van der Waals surface area contributed by atoms with Gasteiger partial charge >= 0.3 is 5.97 Å². The minimum atomic E-state index is -0.907. The first-order chi connectivity index (χ1) is 18.9. The zero-order valence-corrected chi connectivity index (χ0v) is 23.0. The van der Waals surface area contributed by atoms with Gasteiger partial charge in [-0.1, -0.05) is 30.3 Å². The molecule has 8 nitrogen and oxygen atoms in total. The standard InChI is InChI=1S/C30H34N4O4S/c1-32-13-15-33(16-14-32)26-10-9-24(19-25(26)31-29(37)27-6-3-17-39-27)23-5-2-4-21(18-23)20-34(12-11-28(35)36)30(38)22-7-8-22/h2-6,9-10,17-19,22H,7-8,11-16,20H2,1H3,(H,31,37)(H,35,36). The van der Waals surface area contributed by atoms with Crippen molar-refractivity contribution in [2.45, 2.75) is 25.8 Å². The molecule has 1 aliphatic carbocycles. The molecule has 2 N–H and O–H groups in total. The second kappa shape index (κ2) is 12.0. The van der Waals surface area contributed by atoms with Crippen LogP contribution in [0.2, 0.25) is 0 Å². The van der Waals surface area contributed by atoms with Gasteiger partial charge in [0.2, 0.25) is 5.91 Å². The van der Waals surface area contributed by atoms with Crippen LogP contribution in [0.4, 0.5) is 11.4 Å². The zero-order valence-electron chi connectivity index (χ0n) is 22.1. The van der Waals surface area contributed by atoms with Crippen molar-refractivity contribution in [3.05, 3.63) is 70.4 Å². The first-order valence-electron chi connectivity index (χ1n) is 13.4. The van der Waals surface area contributed by atoms with E-state index >= 15 is 0 Å². The number of piperazine rings is 1. The van der Waals surface area contributed by atoms with Gasteiger partial charge in [0.15, 0.2) is 0 Å². The quantitative estimate of drug-likeness (QED) is 0.385. The predicted octanol–water partition coefficient (Wildman–Crippen LogP) is 4.63. The molecule has 9 heteroatoms. The van der Waals surface area contributed by atoms with E-state index in [9.17, 15) is 14.4 Å². The van der Waals surface area contributed by atoms with Crippen molar-refractivity contribution < 1.29 is 19.5 Å². The third-order valence-corrected chi connectivity index (χ3v) is 8.17. The summed E-state index contributed by atoms with van der Waals surface area (Å²) in [5, 5.41) is 14.2. The van der Waals surface area contributed by atoms with Crippen LogP contribution in [0.15, 0.2) is 60.0 Å². The van der Waals surface area contributed by atoms with E-state index < -0.39 is 5.97 Å². The highest BCUT2D eigenvalue weighted by Crippen LogP contribution is 2.34. The lowest BCUT2D eigenvalue weighted by Gasteiger charge is -2.35. The van der Waals surface area contributed by atoms with Crippen LogP contribution in [0.25, 0.3) is 11.1 Å². The second-order valence-electron chi connectivity index (χ2n) is 10.3. The first kappa shape index (κ1) is 26.9. The Bertz CT molecular complexity index is 1330. The molecule has 204 valence electrons. The van der Waals surface area contributed by atoms with E-state index in [0.717, 1.165) is 67.1 Å². The van der Waals surface area contributed by atoms with Gasteiger partial charge in [-0.05, 0) is 66.2 Å². The number of aliphatic carboxylic acids is 1. The minimum absolute atomic E-state index is 0.0265. The van der Waals surface area contributed by atoms with Gasteiger partial charge in [-0.15, -0.1) is 11.3 Å². The fourth-order valence-corrected chi connectivity index (χ4v) is 5.51. The first-order valence-corrected chi connectivity index (χ1v) is 14.3. The van der Waals surface area contributed by atoms with Crippen molar-refractivity contribution >= 4 is 40.5 Å². The number of thiophene rings is 1. The topological polar surface area (TPSA) is 93.2 Å². The number of hydrogen-bond donors (Lipinski definition) is 2. The van der Waals surface area contributed by atoms with Crippen LogP contribution in [0, 0.1) is 5.92 Å². The Kier molecular flexibility index (Phi) is 8.28. The molecule has 39 heavy (non-hydrogen) atoms. The van der Waals surface area contributed by atoms with Crippen molar-refractivity contribution in [1.29, 1.82) is 0 Å². The Hall–Kier alpha value is -3.69. The van der Waals surface area contributed by atoms with E-state index in [1.165, 1.54) is 11.3 Å². The molecule has 1 aromatic heterocycles. The van der Waals surface area contributed by atoms with E-state index in [0.29, 0.717) is 11.4 Å². The molecule has 0 bridgehead atoms. The van der Waals surface area contributed by atoms with Gasteiger partial charge in [0.05, 0.1) is 22.7 Å². The molecular weight excluding hydrogens is 512 g/mol. The molecular formula is C30H34N4O4S. The SMILES string of the molecule is CN1CCN(c2ccc(-c3cccc(CN(CCC(=O)O)C(=O)C4CC4)c3)cc2NC(=O)c2cccs2)CC1. The summed E-state index contributed by atoms with van der Waals surface area (Å²) in [5.74, 6) is -0.968. The van der Waals surface area contributed by atoms with Gasteiger partial charge < -0.3 is 25.1 Å². The van der Waals surface area contributed by atoms with E-state index in [1.807, 2.05) is 47.8 Å². The molecule has 2 aliphatic rings. The number of carbonyl (C=O) groups excluding carboxylic acids is 2. The third kappa shape index (κ3) is 6.85. The number of hydrogen-bond acceptors (Lipinski definition) is 6. The highest BCUT2D eigenvalue weighted by atomic mass is 32.1. The van der Waals surface area contributed by atoms with Crippen molar-refractivity contribution in [3.8, 4) is 11.1 Å². The minimum Gasteiger partial charge on any atom is -0.481 e. The van der Waals surface area contributed by atoms with Gasteiger partial charge in [0.25, 0.3) is 5.91 Å². The van der Waals surface area contributed by atoms with Crippen molar-refractivity contribution in [2.24, 2.45) is 5.92 Å². The lowest BCUT2D eigenvalue weighted by atomic mass is 10.0. The lowest BCUT2D eigenvalue weighted by Crippen LogP contribution is -2.44. The number of benzene rings is 2. The summed E-state index contributed by atoms with van der Waals surface area (Å²) in [6.07, 6.45) is 1.68. The number of rotatable bonds is 10. The van der Waals surface area contributed by atoms with Crippen molar-refractivity contribution in [1.82, 2.24) is 9.80 Å². The summed E-state index contributed by atoms with van der Waals surface area (Å²) in [6.45, 7) is 4.26. The zero-order chi connectivity index (χ0) is 27.4. The highest BCUT2D eigenvalue weighted by Gasteiger charge is 2.33. The Morgan fingerprint density at radius 2 is 1.77 bits per heavy atom. The van der Waals surface area contributed by atoms with Gasteiger partial charge in [-0.2, -0.15) is 0 Å². The van der Waals surface area contributed by atoms with Crippen LogP contribution >= 0.6 is 11.3 Å².